The minimum Gasteiger partial charge on any atom is -0.355 e. The molecule has 2 aliphatic heterocycles. The Labute approximate surface area is 125 Å². The molecule has 0 spiro atoms. The minimum atomic E-state index is 0.469. The highest BCUT2D eigenvalue weighted by Crippen LogP contribution is 2.34. The number of nitrogens with zero attached hydrogens (tertiary/aromatic N) is 3. The Morgan fingerprint density at radius 1 is 1.40 bits per heavy atom. The molecule has 4 nitrogen and oxygen atoms in total. The van der Waals surface area contributed by atoms with Crippen LogP contribution in [0.3, 0.4) is 0 Å². The first-order valence-electron chi connectivity index (χ1n) is 7.49. The molecule has 2 unspecified atom stereocenters. The van der Waals surface area contributed by atoms with Crippen LogP contribution in [0.1, 0.15) is 24.8 Å². The van der Waals surface area contributed by atoms with Crippen LogP contribution in [-0.4, -0.2) is 42.6 Å². The average molecular weight is 295 g/mol. The largest absolute Gasteiger partial charge is 0.355 e. The number of nitrogens with two attached hydrogens (primary N) is 1. The summed E-state index contributed by atoms with van der Waals surface area (Å²) in [6, 6.07) is 2.64. The summed E-state index contributed by atoms with van der Waals surface area (Å²) >= 11 is 6.45. The van der Waals surface area contributed by atoms with E-state index in [1.54, 1.807) is 0 Å². The Hall–Kier alpha value is -0.840. The third kappa shape index (κ3) is 2.52. The van der Waals surface area contributed by atoms with Gasteiger partial charge in [-0.05, 0) is 50.4 Å². The van der Waals surface area contributed by atoms with Crippen LogP contribution in [-0.2, 0) is 6.54 Å². The van der Waals surface area contributed by atoms with Gasteiger partial charge in [0, 0.05) is 31.9 Å². The smallest absolute Gasteiger partial charge is 0.147 e. The highest BCUT2D eigenvalue weighted by atomic mass is 35.5. The summed E-state index contributed by atoms with van der Waals surface area (Å²) in [6.45, 7) is 3.81. The van der Waals surface area contributed by atoms with E-state index in [0.29, 0.717) is 6.54 Å². The number of pyridine rings is 1. The van der Waals surface area contributed by atoms with Gasteiger partial charge in [-0.2, -0.15) is 0 Å². The highest BCUT2D eigenvalue weighted by molar-refractivity contribution is 6.33. The van der Waals surface area contributed by atoms with Crippen molar-refractivity contribution in [3.63, 3.8) is 0 Å². The summed E-state index contributed by atoms with van der Waals surface area (Å²) in [7, 11) is 2.26. The lowest BCUT2D eigenvalue weighted by molar-refractivity contribution is 0.102. The second kappa shape index (κ2) is 5.88. The van der Waals surface area contributed by atoms with Gasteiger partial charge in [0.15, 0.2) is 0 Å². The zero-order chi connectivity index (χ0) is 14.1. The first kappa shape index (κ1) is 14.1. The van der Waals surface area contributed by atoms with Crippen molar-refractivity contribution in [1.82, 2.24) is 9.88 Å². The van der Waals surface area contributed by atoms with E-state index in [9.17, 15) is 0 Å². The van der Waals surface area contributed by atoms with E-state index in [4.69, 9.17) is 17.3 Å². The number of rotatable bonds is 2. The number of likely N-dealkylation sites (tertiary alicyclic amines) is 1. The van der Waals surface area contributed by atoms with E-state index < -0.39 is 0 Å². The predicted molar refractivity (Wildman–Crippen MR) is 83.1 cm³/mol. The van der Waals surface area contributed by atoms with Crippen LogP contribution in [0.15, 0.2) is 12.3 Å². The Bertz CT molecular complexity index is 479. The van der Waals surface area contributed by atoms with Crippen molar-refractivity contribution in [2.45, 2.75) is 31.8 Å². The number of halogens is 1. The molecule has 2 aliphatic rings. The van der Waals surface area contributed by atoms with Gasteiger partial charge in [-0.1, -0.05) is 11.6 Å². The molecule has 1 aromatic heterocycles. The van der Waals surface area contributed by atoms with Crippen molar-refractivity contribution in [2.24, 2.45) is 11.7 Å². The van der Waals surface area contributed by atoms with Crippen LogP contribution in [0.25, 0.3) is 0 Å². The summed E-state index contributed by atoms with van der Waals surface area (Å²) in [5.74, 6) is 1.66. The maximum absolute atomic E-state index is 6.45. The van der Waals surface area contributed by atoms with Crippen molar-refractivity contribution in [1.29, 1.82) is 0 Å². The number of aromatic nitrogens is 1. The van der Waals surface area contributed by atoms with E-state index in [2.05, 4.69) is 21.8 Å². The first-order chi connectivity index (χ1) is 9.70. The van der Waals surface area contributed by atoms with Crippen LogP contribution >= 0.6 is 11.6 Å². The molecule has 2 saturated heterocycles. The summed E-state index contributed by atoms with van der Waals surface area (Å²) < 4.78 is 0. The molecule has 3 rings (SSSR count). The Morgan fingerprint density at radius 3 is 3.05 bits per heavy atom. The highest BCUT2D eigenvalue weighted by Gasteiger charge is 2.35. The average Bonchev–Trinajstić information content (AvgIpc) is 2.47. The van der Waals surface area contributed by atoms with Crippen LogP contribution in [0.4, 0.5) is 5.82 Å². The number of hydrogen-bond acceptors (Lipinski definition) is 4. The van der Waals surface area contributed by atoms with Gasteiger partial charge in [0.25, 0.3) is 0 Å². The Morgan fingerprint density at radius 2 is 2.25 bits per heavy atom. The first-order valence-corrected chi connectivity index (χ1v) is 7.87. The van der Waals surface area contributed by atoms with Crippen LogP contribution < -0.4 is 10.6 Å². The maximum Gasteiger partial charge on any atom is 0.147 e. The molecule has 2 fully saturated rings. The van der Waals surface area contributed by atoms with Gasteiger partial charge >= 0.3 is 0 Å². The number of fused-ring (bicyclic) bond motifs is 1. The van der Waals surface area contributed by atoms with E-state index in [1.807, 2.05) is 12.3 Å². The lowest BCUT2D eigenvalue weighted by Crippen LogP contribution is -2.53. The number of piperidine rings is 2. The second-order valence-corrected chi connectivity index (χ2v) is 6.37. The molecular weight excluding hydrogens is 272 g/mol. The maximum atomic E-state index is 6.45. The van der Waals surface area contributed by atoms with Crippen LogP contribution in [0, 0.1) is 5.92 Å². The Balaban J connectivity index is 1.79. The van der Waals surface area contributed by atoms with Crippen LogP contribution in [0.2, 0.25) is 5.02 Å². The van der Waals surface area contributed by atoms with E-state index >= 15 is 0 Å². The zero-order valence-corrected chi connectivity index (χ0v) is 12.8. The summed E-state index contributed by atoms with van der Waals surface area (Å²) in [5, 5.41) is 0.734. The topological polar surface area (TPSA) is 45.4 Å². The van der Waals surface area contributed by atoms with E-state index in [1.165, 1.54) is 25.8 Å². The molecule has 2 N–H and O–H groups in total. The lowest BCUT2D eigenvalue weighted by Gasteiger charge is -2.46. The van der Waals surface area contributed by atoms with E-state index in [-0.39, 0.29) is 0 Å². The van der Waals surface area contributed by atoms with Crippen molar-refractivity contribution in [2.75, 3.05) is 31.6 Å². The van der Waals surface area contributed by atoms with Gasteiger partial charge in [-0.25, -0.2) is 4.98 Å². The predicted octanol–water partition coefficient (Wildman–Crippen LogP) is 2.11. The lowest BCUT2D eigenvalue weighted by atomic mass is 9.84. The van der Waals surface area contributed by atoms with Crippen LogP contribution in [0.5, 0.6) is 0 Å². The third-order valence-electron chi connectivity index (χ3n) is 4.82. The van der Waals surface area contributed by atoms with Crippen molar-refractivity contribution >= 4 is 17.4 Å². The monoisotopic (exact) mass is 294 g/mol. The molecule has 0 aliphatic carbocycles. The minimum absolute atomic E-state index is 0.469. The molecule has 0 bridgehead atoms. The molecule has 0 amide bonds. The van der Waals surface area contributed by atoms with Gasteiger partial charge in [0.2, 0.25) is 0 Å². The fourth-order valence-electron chi connectivity index (χ4n) is 3.69. The zero-order valence-electron chi connectivity index (χ0n) is 12.1. The molecule has 3 heterocycles. The van der Waals surface area contributed by atoms with Gasteiger partial charge in [0.05, 0.1) is 5.02 Å². The molecule has 5 heteroatoms. The SMILES string of the molecule is CN1CCCC2CN(c3nccc(CN)c3Cl)CCC21. The normalized spacial score (nSPS) is 27.4. The van der Waals surface area contributed by atoms with Gasteiger partial charge in [-0.15, -0.1) is 0 Å². The fraction of sp³-hybridized carbons (Fsp3) is 0.667. The summed E-state index contributed by atoms with van der Waals surface area (Å²) in [5.41, 5.74) is 6.72. The Kier molecular flexibility index (Phi) is 4.15. The number of anilines is 1. The number of hydrogen-bond donors (Lipinski definition) is 1. The second-order valence-electron chi connectivity index (χ2n) is 6.00. The van der Waals surface area contributed by atoms with Gasteiger partial charge in [0.1, 0.15) is 5.82 Å². The molecule has 0 aromatic carbocycles. The fourth-order valence-corrected chi connectivity index (χ4v) is 4.00. The molecule has 2 atom stereocenters. The van der Waals surface area contributed by atoms with Crippen molar-refractivity contribution in [3.8, 4) is 0 Å². The molecule has 0 saturated carbocycles. The summed E-state index contributed by atoms with van der Waals surface area (Å²) in [6.07, 6.45) is 5.64. The molecule has 110 valence electrons. The third-order valence-corrected chi connectivity index (χ3v) is 5.23. The molecular formula is C15H23ClN4. The van der Waals surface area contributed by atoms with Gasteiger partial charge in [-0.3, -0.25) is 0 Å². The van der Waals surface area contributed by atoms with Gasteiger partial charge < -0.3 is 15.5 Å². The molecule has 20 heavy (non-hydrogen) atoms. The van der Waals surface area contributed by atoms with E-state index in [0.717, 1.165) is 41.5 Å². The summed E-state index contributed by atoms with van der Waals surface area (Å²) in [4.78, 5) is 9.37. The van der Waals surface area contributed by atoms with Crippen molar-refractivity contribution < 1.29 is 0 Å². The van der Waals surface area contributed by atoms with Crippen molar-refractivity contribution in [3.05, 3.63) is 22.8 Å². The molecule has 1 aromatic rings. The molecule has 0 radical (unpaired) electrons. The standard InChI is InChI=1S/C15H23ClN4/c1-19-7-2-3-12-10-20(8-5-13(12)19)15-14(16)11(9-17)4-6-18-15/h4,6,12-13H,2-3,5,7-10,17H2,1H3. The quantitative estimate of drug-likeness (QED) is 0.907.